The second kappa shape index (κ2) is 13.4. The van der Waals surface area contributed by atoms with Crippen LogP contribution in [0.1, 0.15) is 5.56 Å². The van der Waals surface area contributed by atoms with E-state index in [1.54, 1.807) is 0 Å². The van der Waals surface area contributed by atoms with E-state index < -0.39 is 0 Å². The van der Waals surface area contributed by atoms with Crippen LogP contribution >= 0.6 is 0 Å². The molecule has 256 valence electrons. The Balaban J connectivity index is 1.12. The minimum atomic E-state index is 0.652. The fourth-order valence-electron chi connectivity index (χ4n) is 7.64. The van der Waals surface area contributed by atoms with Crippen molar-refractivity contribution < 1.29 is 4.42 Å². The number of fused-ring (bicyclic) bond motifs is 4. The van der Waals surface area contributed by atoms with Gasteiger partial charge in [0.15, 0.2) is 0 Å². The van der Waals surface area contributed by atoms with Gasteiger partial charge in [-0.2, -0.15) is 5.26 Å². The second-order valence-electron chi connectivity index (χ2n) is 13.6. The topological polar surface area (TPSA) is 62.7 Å². The molecular formula is C51H31N3O. The number of aromatic nitrogens is 2. The summed E-state index contributed by atoms with van der Waals surface area (Å²) in [5.41, 5.74) is 13.9. The maximum absolute atomic E-state index is 9.32. The van der Waals surface area contributed by atoms with Gasteiger partial charge < -0.3 is 4.42 Å². The number of hydrogen-bond acceptors (Lipinski definition) is 4. The van der Waals surface area contributed by atoms with Crippen molar-refractivity contribution >= 4 is 32.7 Å². The van der Waals surface area contributed by atoms with Crippen LogP contribution in [0.4, 0.5) is 0 Å². The molecule has 8 aromatic carbocycles. The normalized spacial score (nSPS) is 11.3. The van der Waals surface area contributed by atoms with E-state index in [9.17, 15) is 5.26 Å². The number of furan rings is 1. The van der Waals surface area contributed by atoms with Gasteiger partial charge in [-0.1, -0.05) is 158 Å². The highest BCUT2D eigenvalue weighted by Crippen LogP contribution is 2.41. The van der Waals surface area contributed by atoms with Crippen LogP contribution < -0.4 is 0 Å². The van der Waals surface area contributed by atoms with E-state index in [0.717, 1.165) is 94.6 Å². The second-order valence-corrected chi connectivity index (χ2v) is 13.6. The molecular weight excluding hydrogens is 671 g/mol. The predicted molar refractivity (Wildman–Crippen MR) is 224 cm³/mol. The van der Waals surface area contributed by atoms with Gasteiger partial charge in [0.2, 0.25) is 0 Å². The Hall–Kier alpha value is -7.61. The molecule has 0 unspecified atom stereocenters. The van der Waals surface area contributed by atoms with Crippen molar-refractivity contribution in [3.8, 4) is 73.4 Å². The van der Waals surface area contributed by atoms with Crippen molar-refractivity contribution in [2.45, 2.75) is 0 Å². The lowest BCUT2D eigenvalue weighted by Crippen LogP contribution is -2.01. The van der Waals surface area contributed by atoms with E-state index in [4.69, 9.17) is 14.4 Å². The molecule has 0 spiro atoms. The number of para-hydroxylation sites is 1. The van der Waals surface area contributed by atoms with Crippen LogP contribution in [0.5, 0.6) is 0 Å². The first-order valence-electron chi connectivity index (χ1n) is 18.3. The lowest BCUT2D eigenvalue weighted by Gasteiger charge is -2.16. The quantitative estimate of drug-likeness (QED) is 0.173. The first-order valence-corrected chi connectivity index (χ1v) is 18.3. The highest BCUT2D eigenvalue weighted by atomic mass is 16.3. The maximum atomic E-state index is 9.32. The Kier molecular flexibility index (Phi) is 7.83. The minimum Gasteiger partial charge on any atom is -0.456 e. The van der Waals surface area contributed by atoms with Crippen LogP contribution in [0, 0.1) is 11.3 Å². The molecule has 4 nitrogen and oxygen atoms in total. The first kappa shape index (κ1) is 32.1. The molecule has 0 saturated carbocycles. The molecule has 0 fully saturated rings. The largest absolute Gasteiger partial charge is 0.456 e. The Labute approximate surface area is 318 Å². The number of nitrogens with zero attached hydrogens (tertiary/aromatic N) is 3. The van der Waals surface area contributed by atoms with E-state index in [1.165, 1.54) is 5.39 Å². The molecule has 0 atom stereocenters. The van der Waals surface area contributed by atoms with Crippen LogP contribution in [0.3, 0.4) is 0 Å². The molecule has 0 radical (unpaired) electrons. The van der Waals surface area contributed by atoms with Gasteiger partial charge in [0.1, 0.15) is 11.2 Å². The maximum Gasteiger partial charge on any atom is 0.136 e. The van der Waals surface area contributed by atoms with Crippen molar-refractivity contribution in [1.29, 1.82) is 5.26 Å². The molecule has 10 rings (SSSR count). The molecule has 0 N–H and O–H groups in total. The molecule has 0 bridgehead atoms. The van der Waals surface area contributed by atoms with Gasteiger partial charge >= 0.3 is 0 Å². The zero-order chi connectivity index (χ0) is 36.7. The zero-order valence-corrected chi connectivity index (χ0v) is 29.6. The minimum absolute atomic E-state index is 0.652. The molecule has 0 aliphatic rings. The van der Waals surface area contributed by atoms with Crippen molar-refractivity contribution in [3.05, 3.63) is 194 Å². The van der Waals surface area contributed by atoms with E-state index in [0.29, 0.717) is 5.56 Å². The van der Waals surface area contributed by atoms with Gasteiger partial charge in [-0.3, -0.25) is 0 Å². The molecule has 0 aliphatic carbocycles. The summed E-state index contributed by atoms with van der Waals surface area (Å²) >= 11 is 0. The summed E-state index contributed by atoms with van der Waals surface area (Å²) in [5, 5.41) is 13.8. The lowest BCUT2D eigenvalue weighted by atomic mass is 9.91. The van der Waals surface area contributed by atoms with Crippen molar-refractivity contribution in [2.75, 3.05) is 0 Å². The van der Waals surface area contributed by atoms with Gasteiger partial charge in [-0.25, -0.2) is 9.97 Å². The van der Waals surface area contributed by atoms with Gasteiger partial charge in [0, 0.05) is 33.0 Å². The summed E-state index contributed by atoms with van der Waals surface area (Å²) < 4.78 is 6.32. The Bertz CT molecular complexity index is 3070. The predicted octanol–water partition coefficient (Wildman–Crippen LogP) is 13.4. The number of benzene rings is 8. The summed E-state index contributed by atoms with van der Waals surface area (Å²) in [6.07, 6.45) is 0. The number of hydrogen-bond donors (Lipinski definition) is 0. The third-order valence-corrected chi connectivity index (χ3v) is 10.4. The monoisotopic (exact) mass is 701 g/mol. The van der Waals surface area contributed by atoms with E-state index >= 15 is 0 Å². The summed E-state index contributed by atoms with van der Waals surface area (Å²) in [7, 11) is 0. The molecule has 2 aromatic heterocycles. The van der Waals surface area contributed by atoms with E-state index in [2.05, 4.69) is 115 Å². The third kappa shape index (κ3) is 5.72. The van der Waals surface area contributed by atoms with Crippen LogP contribution in [0.15, 0.2) is 192 Å². The van der Waals surface area contributed by atoms with Crippen LogP contribution in [0.25, 0.3) is 100.0 Å². The molecule has 2 heterocycles. The molecule has 4 heteroatoms. The molecule has 0 amide bonds. The summed E-state index contributed by atoms with van der Waals surface area (Å²) in [6, 6.07) is 66.6. The zero-order valence-electron chi connectivity index (χ0n) is 29.6. The Morgan fingerprint density at radius 1 is 0.345 bits per heavy atom. The standard InChI is InChI=1S/C51H31N3O/c52-32-33-19-21-34(22-20-33)40-29-30-41(43-16-8-7-15-42(40)43)35-23-25-38(26-24-35)50-48(36-11-3-1-4-12-36)54-51(49(53-50)37-13-5-2-6-14-37)39-27-28-45-44-17-9-10-18-46(44)55-47(45)31-39/h1-31H. The smallest absolute Gasteiger partial charge is 0.136 e. The van der Waals surface area contributed by atoms with Crippen LogP contribution in [-0.2, 0) is 0 Å². The Morgan fingerprint density at radius 3 is 1.33 bits per heavy atom. The van der Waals surface area contributed by atoms with Crippen molar-refractivity contribution in [1.82, 2.24) is 9.97 Å². The fourth-order valence-corrected chi connectivity index (χ4v) is 7.64. The van der Waals surface area contributed by atoms with Gasteiger partial charge in [-0.15, -0.1) is 0 Å². The van der Waals surface area contributed by atoms with Crippen molar-refractivity contribution in [3.63, 3.8) is 0 Å². The Morgan fingerprint density at radius 2 is 0.764 bits per heavy atom. The highest BCUT2D eigenvalue weighted by Gasteiger charge is 2.21. The van der Waals surface area contributed by atoms with E-state index in [1.807, 2.05) is 78.9 Å². The van der Waals surface area contributed by atoms with Gasteiger partial charge in [0.05, 0.1) is 34.4 Å². The molecule has 0 saturated heterocycles. The average Bonchev–Trinajstić information content (AvgIpc) is 3.64. The highest BCUT2D eigenvalue weighted by molar-refractivity contribution is 6.07. The molecule has 55 heavy (non-hydrogen) atoms. The van der Waals surface area contributed by atoms with E-state index in [-0.39, 0.29) is 0 Å². The summed E-state index contributed by atoms with van der Waals surface area (Å²) in [6.45, 7) is 0. The number of nitriles is 1. The average molecular weight is 702 g/mol. The summed E-state index contributed by atoms with van der Waals surface area (Å²) in [4.78, 5) is 11.0. The SMILES string of the molecule is N#Cc1ccc(-c2ccc(-c3ccc(-c4nc(-c5ccccc5)c(-c5ccc6c(c5)oc5ccccc56)nc4-c4ccccc4)cc3)c3ccccc23)cc1. The van der Waals surface area contributed by atoms with Crippen molar-refractivity contribution in [2.24, 2.45) is 0 Å². The lowest BCUT2D eigenvalue weighted by molar-refractivity contribution is 0.669. The number of rotatable bonds is 6. The fraction of sp³-hybridized carbons (Fsp3) is 0. The first-order chi connectivity index (χ1) is 27.2. The van der Waals surface area contributed by atoms with Crippen LogP contribution in [-0.4, -0.2) is 9.97 Å². The van der Waals surface area contributed by atoms with Gasteiger partial charge in [0.25, 0.3) is 0 Å². The molecule has 0 aliphatic heterocycles. The third-order valence-electron chi connectivity index (χ3n) is 10.4. The van der Waals surface area contributed by atoms with Crippen LogP contribution in [0.2, 0.25) is 0 Å². The van der Waals surface area contributed by atoms with Gasteiger partial charge in [-0.05, 0) is 63.4 Å². The molecule has 10 aromatic rings. The summed E-state index contributed by atoms with van der Waals surface area (Å²) in [5.74, 6) is 0.